The molecule has 0 bridgehead atoms. The van der Waals surface area contributed by atoms with E-state index in [1.807, 2.05) is 0 Å². The zero-order valence-corrected chi connectivity index (χ0v) is 7.31. The number of aromatic nitrogens is 2. The summed E-state index contributed by atoms with van der Waals surface area (Å²) in [6.45, 7) is 1.38. The van der Waals surface area contributed by atoms with Crippen LogP contribution in [-0.2, 0) is 4.79 Å². The molecule has 1 amide bonds. The van der Waals surface area contributed by atoms with Crippen LogP contribution in [0.5, 0.6) is 5.75 Å². The first-order chi connectivity index (χ1) is 6.68. The lowest BCUT2D eigenvalue weighted by Gasteiger charge is -2.01. The number of phenolic OH excluding ortho intramolecular Hbond substituents is 1. The fraction of sp³-hybridized carbons (Fsp3) is 0.125. The second-order valence-corrected chi connectivity index (χ2v) is 2.77. The third-order valence-corrected chi connectivity index (χ3v) is 1.70. The summed E-state index contributed by atoms with van der Waals surface area (Å²) >= 11 is 0. The molecule has 0 aliphatic carbocycles. The van der Waals surface area contributed by atoms with Crippen LogP contribution in [0, 0.1) is 0 Å². The first-order valence-electron chi connectivity index (χ1n) is 3.90. The lowest BCUT2D eigenvalue weighted by molar-refractivity contribution is -0.114. The average molecular weight is 193 g/mol. The lowest BCUT2D eigenvalue weighted by atomic mass is 10.2. The van der Waals surface area contributed by atoms with E-state index in [-0.39, 0.29) is 17.2 Å². The van der Waals surface area contributed by atoms with Crippen LogP contribution in [0.1, 0.15) is 6.92 Å². The van der Waals surface area contributed by atoms with Crippen LogP contribution in [0.4, 0.5) is 5.69 Å². The molecule has 6 heteroatoms. The Bertz CT molecular complexity index is 492. The van der Waals surface area contributed by atoms with E-state index in [0.717, 1.165) is 0 Å². The molecular weight excluding hydrogens is 186 g/mol. The number of phenols is 1. The van der Waals surface area contributed by atoms with Gasteiger partial charge in [-0.25, -0.2) is 4.63 Å². The number of carbonyl (C=O) groups excluding carboxylic acids is 1. The minimum Gasteiger partial charge on any atom is -0.505 e. The highest BCUT2D eigenvalue weighted by Gasteiger charge is 2.11. The monoisotopic (exact) mass is 193 g/mol. The zero-order chi connectivity index (χ0) is 10.1. The molecule has 1 heterocycles. The Morgan fingerprint density at radius 2 is 2.14 bits per heavy atom. The molecule has 0 spiro atoms. The van der Waals surface area contributed by atoms with Gasteiger partial charge in [0.1, 0.15) is 5.75 Å². The quantitative estimate of drug-likeness (QED) is 0.656. The molecule has 2 N–H and O–H groups in total. The number of aromatic hydroxyl groups is 1. The number of hydrogen-bond donors (Lipinski definition) is 2. The molecule has 0 aliphatic rings. The number of hydrogen-bond acceptors (Lipinski definition) is 5. The van der Waals surface area contributed by atoms with Crippen molar-refractivity contribution in [1.29, 1.82) is 0 Å². The zero-order valence-electron chi connectivity index (χ0n) is 7.31. The van der Waals surface area contributed by atoms with Crippen molar-refractivity contribution < 1.29 is 14.5 Å². The van der Waals surface area contributed by atoms with E-state index < -0.39 is 0 Å². The SMILES string of the molecule is CC(=O)Nc1ccc(O)c2nonc12. The maximum absolute atomic E-state index is 10.8. The molecule has 72 valence electrons. The molecule has 2 aromatic rings. The van der Waals surface area contributed by atoms with E-state index in [1.165, 1.54) is 19.1 Å². The largest absolute Gasteiger partial charge is 0.505 e. The Kier molecular flexibility index (Phi) is 1.81. The molecule has 2 rings (SSSR count). The van der Waals surface area contributed by atoms with Crippen LogP contribution in [-0.4, -0.2) is 21.3 Å². The highest BCUT2D eigenvalue weighted by Crippen LogP contribution is 2.27. The van der Waals surface area contributed by atoms with Crippen molar-refractivity contribution in [2.24, 2.45) is 0 Å². The van der Waals surface area contributed by atoms with Crippen LogP contribution in [0.3, 0.4) is 0 Å². The van der Waals surface area contributed by atoms with Crippen LogP contribution >= 0.6 is 0 Å². The molecule has 0 saturated heterocycles. The molecule has 0 radical (unpaired) electrons. The van der Waals surface area contributed by atoms with Gasteiger partial charge < -0.3 is 10.4 Å². The number of carbonyl (C=O) groups is 1. The second kappa shape index (κ2) is 2.99. The van der Waals surface area contributed by atoms with E-state index in [1.54, 1.807) is 0 Å². The van der Waals surface area contributed by atoms with Gasteiger partial charge in [0.2, 0.25) is 5.91 Å². The molecule has 6 nitrogen and oxygen atoms in total. The van der Waals surface area contributed by atoms with Gasteiger partial charge in [0, 0.05) is 6.92 Å². The number of rotatable bonds is 1. The summed E-state index contributed by atoms with van der Waals surface area (Å²) in [6.07, 6.45) is 0. The van der Waals surface area contributed by atoms with Gasteiger partial charge in [0.15, 0.2) is 11.0 Å². The van der Waals surface area contributed by atoms with Crippen molar-refractivity contribution in [3.63, 3.8) is 0 Å². The summed E-state index contributed by atoms with van der Waals surface area (Å²) in [6, 6.07) is 2.95. The van der Waals surface area contributed by atoms with Crippen LogP contribution < -0.4 is 5.32 Å². The Hall–Kier alpha value is -2.11. The first-order valence-corrected chi connectivity index (χ1v) is 3.90. The van der Waals surface area contributed by atoms with Crippen molar-refractivity contribution >= 4 is 22.6 Å². The third kappa shape index (κ3) is 1.26. The highest BCUT2D eigenvalue weighted by molar-refractivity contribution is 5.99. The van der Waals surface area contributed by atoms with E-state index in [0.29, 0.717) is 11.2 Å². The van der Waals surface area contributed by atoms with Gasteiger partial charge in [-0.15, -0.1) is 0 Å². The number of fused-ring (bicyclic) bond motifs is 1. The molecule has 1 aromatic carbocycles. The predicted molar refractivity (Wildman–Crippen MR) is 47.8 cm³/mol. The van der Waals surface area contributed by atoms with Gasteiger partial charge in [0.05, 0.1) is 5.69 Å². The highest BCUT2D eigenvalue weighted by atomic mass is 16.6. The van der Waals surface area contributed by atoms with Crippen molar-refractivity contribution in [1.82, 2.24) is 10.3 Å². The summed E-state index contributed by atoms with van der Waals surface area (Å²) in [4.78, 5) is 10.8. The van der Waals surface area contributed by atoms with Crippen molar-refractivity contribution in [3.8, 4) is 5.75 Å². The lowest BCUT2D eigenvalue weighted by Crippen LogP contribution is -2.05. The van der Waals surface area contributed by atoms with Gasteiger partial charge in [-0.2, -0.15) is 0 Å². The molecule has 0 atom stereocenters. The van der Waals surface area contributed by atoms with E-state index in [2.05, 4.69) is 20.3 Å². The number of nitrogens with one attached hydrogen (secondary N) is 1. The van der Waals surface area contributed by atoms with Gasteiger partial charge in [-0.1, -0.05) is 0 Å². The van der Waals surface area contributed by atoms with Gasteiger partial charge in [-0.3, -0.25) is 4.79 Å². The van der Waals surface area contributed by atoms with Gasteiger partial charge >= 0.3 is 0 Å². The number of benzene rings is 1. The van der Waals surface area contributed by atoms with Crippen molar-refractivity contribution in [2.75, 3.05) is 5.32 Å². The summed E-state index contributed by atoms with van der Waals surface area (Å²) < 4.78 is 4.46. The van der Waals surface area contributed by atoms with Crippen molar-refractivity contribution in [2.45, 2.75) is 6.92 Å². The maximum atomic E-state index is 10.8. The maximum Gasteiger partial charge on any atom is 0.221 e. The smallest absolute Gasteiger partial charge is 0.221 e. The van der Waals surface area contributed by atoms with E-state index >= 15 is 0 Å². The number of amides is 1. The Morgan fingerprint density at radius 3 is 2.86 bits per heavy atom. The molecule has 0 unspecified atom stereocenters. The summed E-state index contributed by atoms with van der Waals surface area (Å²) in [5.74, 6) is -0.254. The fourth-order valence-electron chi connectivity index (χ4n) is 1.14. The number of anilines is 1. The van der Waals surface area contributed by atoms with Crippen LogP contribution in [0.2, 0.25) is 0 Å². The summed E-state index contributed by atoms with van der Waals surface area (Å²) in [5.41, 5.74) is 1.03. The molecule has 0 saturated carbocycles. The molecule has 0 aliphatic heterocycles. The van der Waals surface area contributed by atoms with Crippen molar-refractivity contribution in [3.05, 3.63) is 12.1 Å². The van der Waals surface area contributed by atoms with E-state index in [9.17, 15) is 9.90 Å². The summed E-state index contributed by atoms with van der Waals surface area (Å²) in [7, 11) is 0. The molecular formula is C8H7N3O3. The first kappa shape index (κ1) is 8.49. The molecule has 14 heavy (non-hydrogen) atoms. The van der Waals surface area contributed by atoms with Crippen LogP contribution in [0.15, 0.2) is 16.8 Å². The topological polar surface area (TPSA) is 88.2 Å². The normalized spacial score (nSPS) is 10.4. The average Bonchev–Trinajstić information content (AvgIpc) is 2.58. The fourth-order valence-corrected chi connectivity index (χ4v) is 1.14. The Morgan fingerprint density at radius 1 is 1.43 bits per heavy atom. The van der Waals surface area contributed by atoms with Gasteiger partial charge in [0.25, 0.3) is 0 Å². The second-order valence-electron chi connectivity index (χ2n) is 2.77. The minimum atomic E-state index is -0.222. The Balaban J connectivity index is 2.60. The van der Waals surface area contributed by atoms with E-state index in [4.69, 9.17) is 0 Å². The van der Waals surface area contributed by atoms with Gasteiger partial charge in [-0.05, 0) is 22.4 Å². The predicted octanol–water partition coefficient (Wildman–Crippen LogP) is 0.887. The van der Waals surface area contributed by atoms with Crippen LogP contribution in [0.25, 0.3) is 11.0 Å². The minimum absolute atomic E-state index is 0.0321. The third-order valence-electron chi connectivity index (χ3n) is 1.70. The number of nitrogens with zero attached hydrogens (tertiary/aromatic N) is 2. The molecule has 0 fully saturated rings. The molecule has 1 aromatic heterocycles. The Labute approximate surface area is 78.5 Å². The standard InChI is InChI=1S/C8H7N3O3/c1-4(12)9-5-2-3-6(13)8-7(5)10-14-11-8/h2-3,13H,1H3,(H,9,12). The summed E-state index contributed by atoms with van der Waals surface area (Å²) in [5, 5.41) is 19.0.